The first kappa shape index (κ1) is 9.45. The van der Waals surface area contributed by atoms with Crippen LogP contribution in [-0.4, -0.2) is 23.5 Å². The van der Waals surface area contributed by atoms with Crippen molar-refractivity contribution < 1.29 is 19.4 Å². The van der Waals surface area contributed by atoms with Crippen LogP contribution in [0.4, 0.5) is 0 Å². The Labute approximate surface area is 85.8 Å². The van der Waals surface area contributed by atoms with E-state index in [1.807, 2.05) is 0 Å². The molecule has 0 fully saturated rings. The van der Waals surface area contributed by atoms with E-state index in [-0.39, 0.29) is 18.0 Å². The molecule has 1 heterocycles. The number of hydrogen-bond donors (Lipinski definition) is 1. The molecular formula is C11H8O4. The van der Waals surface area contributed by atoms with Gasteiger partial charge in [-0.3, -0.25) is 4.79 Å². The van der Waals surface area contributed by atoms with Crippen LogP contribution in [0.2, 0.25) is 0 Å². The molecule has 4 heteroatoms. The minimum atomic E-state index is -0.839. The summed E-state index contributed by atoms with van der Waals surface area (Å²) in [6.45, 7) is -0.154. The summed E-state index contributed by atoms with van der Waals surface area (Å²) in [6.07, 6.45) is 0. The normalized spacial score (nSPS) is 15.3. The van der Waals surface area contributed by atoms with E-state index in [2.05, 4.69) is 4.74 Å². The van der Waals surface area contributed by atoms with Gasteiger partial charge in [0.25, 0.3) is 0 Å². The molecule has 0 saturated heterocycles. The number of esters is 1. The van der Waals surface area contributed by atoms with Crippen molar-refractivity contribution in [3.63, 3.8) is 0 Å². The Balaban J connectivity index is 2.35. The highest BCUT2D eigenvalue weighted by molar-refractivity contribution is 6.13. The Kier molecular flexibility index (Phi) is 2.25. The molecule has 2 rings (SSSR count). The molecular weight excluding hydrogens is 196 g/mol. The van der Waals surface area contributed by atoms with E-state index in [1.165, 1.54) is 0 Å². The average Bonchev–Trinajstić information content (AvgIpc) is 2.60. The number of ether oxygens (including phenoxy) is 1. The number of Topliss-reactive ketones (excluding diaryl/α,β-unsaturated/α-hetero) is 1. The van der Waals surface area contributed by atoms with Crippen LogP contribution < -0.4 is 0 Å². The van der Waals surface area contributed by atoms with E-state index in [4.69, 9.17) is 0 Å². The number of hydrogen-bond acceptors (Lipinski definition) is 4. The fourth-order valence-corrected chi connectivity index (χ4v) is 1.33. The van der Waals surface area contributed by atoms with E-state index < -0.39 is 11.7 Å². The van der Waals surface area contributed by atoms with E-state index in [0.717, 1.165) is 0 Å². The summed E-state index contributed by atoms with van der Waals surface area (Å²) in [4.78, 5) is 22.6. The standard InChI is InChI=1S/C11H8O4/c12-9(7-4-2-1-3-5-7)8-6-15-11(14)10(8)13/h1-5,13H,6H2. The van der Waals surface area contributed by atoms with Crippen LogP contribution in [0.3, 0.4) is 0 Å². The number of cyclic esters (lactones) is 1. The molecule has 0 radical (unpaired) electrons. The van der Waals surface area contributed by atoms with Gasteiger partial charge in [0, 0.05) is 5.56 Å². The fraction of sp³-hybridized carbons (Fsp3) is 0.0909. The smallest absolute Gasteiger partial charge is 0.374 e. The predicted octanol–water partition coefficient (Wildman–Crippen LogP) is 1.24. The number of aliphatic hydroxyl groups is 1. The summed E-state index contributed by atoms with van der Waals surface area (Å²) in [5.74, 6) is -1.79. The lowest BCUT2D eigenvalue weighted by Crippen LogP contribution is -2.06. The third kappa shape index (κ3) is 1.61. The van der Waals surface area contributed by atoms with Crippen molar-refractivity contribution in [1.82, 2.24) is 0 Å². The molecule has 1 aliphatic heterocycles. The number of carbonyl (C=O) groups is 2. The van der Waals surface area contributed by atoms with E-state index in [9.17, 15) is 14.7 Å². The fourth-order valence-electron chi connectivity index (χ4n) is 1.33. The number of carbonyl (C=O) groups excluding carboxylic acids is 2. The van der Waals surface area contributed by atoms with Crippen molar-refractivity contribution in [2.24, 2.45) is 0 Å². The molecule has 76 valence electrons. The molecule has 1 aromatic rings. The van der Waals surface area contributed by atoms with Gasteiger partial charge in [0.2, 0.25) is 5.76 Å². The molecule has 0 aromatic heterocycles. The molecule has 4 nitrogen and oxygen atoms in total. The maximum atomic E-state index is 11.8. The van der Waals surface area contributed by atoms with Crippen molar-refractivity contribution in [2.45, 2.75) is 0 Å². The monoisotopic (exact) mass is 204 g/mol. The lowest BCUT2D eigenvalue weighted by molar-refractivity contribution is -0.138. The highest BCUT2D eigenvalue weighted by Crippen LogP contribution is 2.18. The average molecular weight is 204 g/mol. The Morgan fingerprint density at radius 1 is 1.27 bits per heavy atom. The quantitative estimate of drug-likeness (QED) is 0.581. The molecule has 0 amide bonds. The Morgan fingerprint density at radius 2 is 1.93 bits per heavy atom. The zero-order valence-corrected chi connectivity index (χ0v) is 7.77. The maximum absolute atomic E-state index is 11.8. The molecule has 0 unspecified atom stereocenters. The topological polar surface area (TPSA) is 63.6 Å². The van der Waals surface area contributed by atoms with Crippen LogP contribution in [0.5, 0.6) is 0 Å². The summed E-state index contributed by atoms with van der Waals surface area (Å²) in [6, 6.07) is 8.43. The van der Waals surface area contributed by atoms with Crippen LogP contribution in [0, 0.1) is 0 Å². The molecule has 15 heavy (non-hydrogen) atoms. The molecule has 0 atom stereocenters. The molecule has 1 N–H and O–H groups in total. The molecule has 0 spiro atoms. The largest absolute Gasteiger partial charge is 0.501 e. The Bertz CT molecular complexity index is 445. The first-order valence-electron chi connectivity index (χ1n) is 4.39. The van der Waals surface area contributed by atoms with Crippen LogP contribution in [0.15, 0.2) is 41.7 Å². The van der Waals surface area contributed by atoms with Gasteiger partial charge in [0.1, 0.15) is 6.61 Å². The van der Waals surface area contributed by atoms with Gasteiger partial charge in [-0.1, -0.05) is 30.3 Å². The SMILES string of the molecule is O=C1OCC(C(=O)c2ccccc2)=C1O. The van der Waals surface area contributed by atoms with E-state index in [1.54, 1.807) is 30.3 Å². The van der Waals surface area contributed by atoms with Crippen molar-refractivity contribution in [2.75, 3.05) is 6.61 Å². The minimum absolute atomic E-state index is 0.0196. The van der Waals surface area contributed by atoms with Gasteiger partial charge in [-0.2, -0.15) is 0 Å². The molecule has 0 aliphatic carbocycles. The van der Waals surface area contributed by atoms with Gasteiger partial charge in [0.05, 0.1) is 5.57 Å². The van der Waals surface area contributed by atoms with Crippen molar-refractivity contribution in [3.8, 4) is 0 Å². The second-order valence-electron chi connectivity index (χ2n) is 3.10. The Hall–Kier alpha value is -2.10. The second-order valence-corrected chi connectivity index (χ2v) is 3.10. The number of rotatable bonds is 2. The number of benzene rings is 1. The van der Waals surface area contributed by atoms with E-state index >= 15 is 0 Å². The van der Waals surface area contributed by atoms with Gasteiger partial charge in [-0.15, -0.1) is 0 Å². The lowest BCUT2D eigenvalue weighted by Gasteiger charge is -1.99. The van der Waals surface area contributed by atoms with Crippen molar-refractivity contribution >= 4 is 11.8 Å². The first-order chi connectivity index (χ1) is 7.20. The molecule has 1 aromatic carbocycles. The molecule has 0 bridgehead atoms. The number of aliphatic hydroxyl groups excluding tert-OH is 1. The van der Waals surface area contributed by atoms with Crippen LogP contribution in [-0.2, 0) is 9.53 Å². The van der Waals surface area contributed by atoms with Crippen LogP contribution in [0.25, 0.3) is 0 Å². The highest BCUT2D eigenvalue weighted by Gasteiger charge is 2.29. The summed E-state index contributed by atoms with van der Waals surface area (Å²) < 4.78 is 4.54. The van der Waals surface area contributed by atoms with E-state index in [0.29, 0.717) is 5.56 Å². The van der Waals surface area contributed by atoms with Gasteiger partial charge in [-0.05, 0) is 0 Å². The van der Waals surface area contributed by atoms with Gasteiger partial charge >= 0.3 is 5.97 Å². The molecule has 0 saturated carbocycles. The minimum Gasteiger partial charge on any atom is -0.501 e. The van der Waals surface area contributed by atoms with Gasteiger partial charge < -0.3 is 9.84 Å². The maximum Gasteiger partial charge on any atom is 0.374 e. The van der Waals surface area contributed by atoms with Gasteiger partial charge in [0.15, 0.2) is 5.78 Å². The number of ketones is 1. The van der Waals surface area contributed by atoms with Crippen LogP contribution >= 0.6 is 0 Å². The summed E-state index contributed by atoms with van der Waals surface area (Å²) in [5, 5.41) is 9.27. The first-order valence-corrected chi connectivity index (χ1v) is 4.39. The van der Waals surface area contributed by atoms with Crippen molar-refractivity contribution in [1.29, 1.82) is 0 Å². The zero-order chi connectivity index (χ0) is 10.8. The second kappa shape index (κ2) is 3.57. The summed E-state index contributed by atoms with van der Waals surface area (Å²) in [5.41, 5.74) is 0.448. The third-order valence-electron chi connectivity index (χ3n) is 2.14. The molecule has 1 aliphatic rings. The van der Waals surface area contributed by atoms with Gasteiger partial charge in [-0.25, -0.2) is 4.79 Å². The van der Waals surface area contributed by atoms with Crippen molar-refractivity contribution in [3.05, 3.63) is 47.2 Å². The zero-order valence-electron chi connectivity index (χ0n) is 7.77. The lowest BCUT2D eigenvalue weighted by atomic mass is 10.0. The highest BCUT2D eigenvalue weighted by atomic mass is 16.6. The van der Waals surface area contributed by atoms with Crippen LogP contribution in [0.1, 0.15) is 10.4 Å². The third-order valence-corrected chi connectivity index (χ3v) is 2.14. The summed E-state index contributed by atoms with van der Waals surface area (Å²) in [7, 11) is 0. The predicted molar refractivity (Wildman–Crippen MR) is 51.4 cm³/mol. The summed E-state index contributed by atoms with van der Waals surface area (Å²) >= 11 is 0. The Morgan fingerprint density at radius 3 is 2.47 bits per heavy atom.